The average Bonchev–Trinajstić information content (AvgIpc) is 3.12. The van der Waals surface area contributed by atoms with Crippen molar-refractivity contribution in [1.82, 2.24) is 9.55 Å². The normalized spacial score (nSPS) is 11.6. The van der Waals surface area contributed by atoms with Crippen LogP contribution in [-0.4, -0.2) is 29.0 Å². The maximum atomic E-state index is 13.7. The third kappa shape index (κ3) is 4.52. The molecule has 2 heterocycles. The number of aromatic nitrogens is 2. The van der Waals surface area contributed by atoms with E-state index in [4.69, 9.17) is 34.8 Å². The zero-order valence-electron chi connectivity index (χ0n) is 17.0. The summed E-state index contributed by atoms with van der Waals surface area (Å²) >= 11 is 18.5. The molecule has 0 unspecified atom stereocenters. The van der Waals surface area contributed by atoms with Crippen LogP contribution in [0.4, 0.5) is 5.82 Å². The summed E-state index contributed by atoms with van der Waals surface area (Å²) in [6, 6.07) is 12.3. The van der Waals surface area contributed by atoms with Gasteiger partial charge < -0.3 is 9.67 Å². The SMILES string of the molecule is Cn1ccc2cc(CN(c3ncc(Cl)cc3Cl)S(=O)(=O)c3ccc(C(=O)O)cc3Cl)ccc21. The van der Waals surface area contributed by atoms with Crippen LogP contribution in [-0.2, 0) is 23.6 Å². The number of aryl methyl sites for hydroxylation is 1. The fourth-order valence-electron chi connectivity index (χ4n) is 3.42. The van der Waals surface area contributed by atoms with E-state index in [0.717, 1.165) is 27.3 Å². The highest BCUT2D eigenvalue weighted by Crippen LogP contribution is 2.34. The number of rotatable bonds is 6. The summed E-state index contributed by atoms with van der Waals surface area (Å²) in [4.78, 5) is 15.1. The number of nitrogens with zero attached hydrogens (tertiary/aromatic N) is 3. The number of carboxylic acid groups (broad SMARTS) is 1. The molecule has 33 heavy (non-hydrogen) atoms. The van der Waals surface area contributed by atoms with Gasteiger partial charge in [0.2, 0.25) is 0 Å². The van der Waals surface area contributed by atoms with Crippen molar-refractivity contribution < 1.29 is 18.3 Å². The summed E-state index contributed by atoms with van der Waals surface area (Å²) in [6.07, 6.45) is 3.20. The van der Waals surface area contributed by atoms with Crippen molar-refractivity contribution in [3.8, 4) is 0 Å². The van der Waals surface area contributed by atoms with Gasteiger partial charge in [-0.15, -0.1) is 0 Å². The lowest BCUT2D eigenvalue weighted by molar-refractivity contribution is 0.0696. The summed E-state index contributed by atoms with van der Waals surface area (Å²) in [5.74, 6) is -1.26. The van der Waals surface area contributed by atoms with Crippen molar-refractivity contribution in [3.05, 3.63) is 87.1 Å². The van der Waals surface area contributed by atoms with E-state index in [1.165, 1.54) is 18.3 Å². The Bertz CT molecular complexity index is 1500. The van der Waals surface area contributed by atoms with Gasteiger partial charge in [-0.05, 0) is 53.4 Å². The van der Waals surface area contributed by atoms with E-state index < -0.39 is 16.0 Å². The second kappa shape index (κ2) is 8.87. The Hall–Kier alpha value is -2.78. The van der Waals surface area contributed by atoms with Crippen LogP contribution >= 0.6 is 34.8 Å². The van der Waals surface area contributed by atoms with Crippen LogP contribution in [0, 0.1) is 0 Å². The average molecular weight is 525 g/mol. The molecule has 0 atom stereocenters. The van der Waals surface area contributed by atoms with Gasteiger partial charge in [-0.25, -0.2) is 22.5 Å². The van der Waals surface area contributed by atoms with Crippen LogP contribution in [0.1, 0.15) is 15.9 Å². The largest absolute Gasteiger partial charge is 0.478 e. The van der Waals surface area contributed by atoms with E-state index in [1.807, 2.05) is 42.1 Å². The number of fused-ring (bicyclic) bond motifs is 1. The minimum Gasteiger partial charge on any atom is -0.478 e. The maximum Gasteiger partial charge on any atom is 0.335 e. The Morgan fingerprint density at radius 1 is 1.06 bits per heavy atom. The van der Waals surface area contributed by atoms with Crippen LogP contribution in [0.5, 0.6) is 0 Å². The Kier molecular flexibility index (Phi) is 6.28. The van der Waals surface area contributed by atoms with E-state index in [9.17, 15) is 18.3 Å². The molecule has 0 spiro atoms. The molecule has 11 heteroatoms. The van der Waals surface area contributed by atoms with Gasteiger partial charge in [0.15, 0.2) is 5.82 Å². The molecule has 0 radical (unpaired) electrons. The summed E-state index contributed by atoms with van der Waals surface area (Å²) in [6.45, 7) is -0.0987. The number of halogens is 3. The fraction of sp³-hybridized carbons (Fsp3) is 0.0909. The molecule has 0 bridgehead atoms. The van der Waals surface area contributed by atoms with Crippen LogP contribution < -0.4 is 4.31 Å². The molecule has 0 saturated carbocycles. The lowest BCUT2D eigenvalue weighted by atomic mass is 10.1. The molecule has 0 amide bonds. The van der Waals surface area contributed by atoms with E-state index in [2.05, 4.69) is 4.98 Å². The van der Waals surface area contributed by atoms with Crippen molar-refractivity contribution in [3.63, 3.8) is 0 Å². The van der Waals surface area contributed by atoms with Gasteiger partial charge in [0.1, 0.15) is 4.90 Å². The van der Waals surface area contributed by atoms with Crippen LogP contribution in [0.25, 0.3) is 10.9 Å². The third-order valence-electron chi connectivity index (χ3n) is 5.05. The van der Waals surface area contributed by atoms with E-state index in [0.29, 0.717) is 5.56 Å². The molecule has 1 N–H and O–H groups in total. The number of benzene rings is 2. The molecule has 0 aliphatic heterocycles. The number of pyridine rings is 1. The molecule has 0 aliphatic carbocycles. The van der Waals surface area contributed by atoms with Gasteiger partial charge >= 0.3 is 5.97 Å². The van der Waals surface area contributed by atoms with Gasteiger partial charge in [0.05, 0.1) is 27.2 Å². The Morgan fingerprint density at radius 3 is 2.48 bits per heavy atom. The third-order valence-corrected chi connectivity index (χ3v) is 7.75. The molecule has 2 aromatic heterocycles. The van der Waals surface area contributed by atoms with Crippen molar-refractivity contribution in [2.45, 2.75) is 11.4 Å². The second-order valence-electron chi connectivity index (χ2n) is 7.24. The Balaban J connectivity index is 1.85. The number of sulfonamides is 1. The first kappa shape index (κ1) is 23.4. The molecule has 7 nitrogen and oxygen atoms in total. The predicted octanol–water partition coefficient (Wildman–Crippen LogP) is 5.63. The zero-order chi connectivity index (χ0) is 23.9. The van der Waals surface area contributed by atoms with Crippen molar-refractivity contribution >= 4 is 67.5 Å². The minimum atomic E-state index is -4.30. The Labute approximate surface area is 204 Å². The van der Waals surface area contributed by atoms with Gasteiger partial charge in [-0.2, -0.15) is 0 Å². The first-order chi connectivity index (χ1) is 15.6. The molecule has 0 aliphatic rings. The smallest absolute Gasteiger partial charge is 0.335 e. The summed E-state index contributed by atoms with van der Waals surface area (Å²) in [7, 11) is -2.38. The molecule has 170 valence electrons. The van der Waals surface area contributed by atoms with Crippen molar-refractivity contribution in [1.29, 1.82) is 0 Å². The quantitative estimate of drug-likeness (QED) is 0.353. The predicted molar refractivity (Wildman–Crippen MR) is 129 cm³/mol. The maximum absolute atomic E-state index is 13.7. The van der Waals surface area contributed by atoms with Crippen molar-refractivity contribution in [2.75, 3.05) is 4.31 Å². The number of carbonyl (C=O) groups is 1. The summed E-state index contributed by atoms with van der Waals surface area (Å²) < 4.78 is 30.4. The van der Waals surface area contributed by atoms with Crippen molar-refractivity contribution in [2.24, 2.45) is 7.05 Å². The molecule has 2 aromatic carbocycles. The first-order valence-electron chi connectivity index (χ1n) is 9.48. The van der Waals surface area contributed by atoms with Gasteiger partial charge in [0, 0.05) is 25.0 Å². The highest BCUT2D eigenvalue weighted by atomic mass is 35.5. The second-order valence-corrected chi connectivity index (χ2v) is 10.3. The first-order valence-corrected chi connectivity index (χ1v) is 12.1. The van der Waals surface area contributed by atoms with Gasteiger partial charge in [-0.1, -0.05) is 40.9 Å². The van der Waals surface area contributed by atoms with Crippen LogP contribution in [0.2, 0.25) is 15.1 Å². The molecule has 4 rings (SSSR count). The number of carboxylic acids is 1. The topological polar surface area (TPSA) is 92.5 Å². The monoisotopic (exact) mass is 523 g/mol. The fourth-order valence-corrected chi connectivity index (χ4v) is 5.90. The highest BCUT2D eigenvalue weighted by molar-refractivity contribution is 7.93. The Morgan fingerprint density at radius 2 is 1.82 bits per heavy atom. The minimum absolute atomic E-state index is 0.0325. The number of aromatic carboxylic acids is 1. The van der Waals surface area contributed by atoms with E-state index >= 15 is 0 Å². The molecule has 4 aromatic rings. The summed E-state index contributed by atoms with van der Waals surface area (Å²) in [5, 5.41) is 10.2. The number of hydrogen-bond acceptors (Lipinski definition) is 4. The van der Waals surface area contributed by atoms with Gasteiger partial charge in [0.25, 0.3) is 10.0 Å². The molecule has 0 fully saturated rings. The van der Waals surface area contributed by atoms with E-state index in [1.54, 1.807) is 0 Å². The number of hydrogen-bond donors (Lipinski definition) is 1. The van der Waals surface area contributed by atoms with Crippen LogP contribution in [0.3, 0.4) is 0 Å². The highest BCUT2D eigenvalue weighted by Gasteiger charge is 2.30. The van der Waals surface area contributed by atoms with E-state index in [-0.39, 0.29) is 37.9 Å². The zero-order valence-corrected chi connectivity index (χ0v) is 20.1. The van der Waals surface area contributed by atoms with Gasteiger partial charge in [-0.3, -0.25) is 0 Å². The number of anilines is 1. The molecular formula is C22H16Cl3N3O4S. The van der Waals surface area contributed by atoms with Crippen LogP contribution in [0.15, 0.2) is 65.8 Å². The lowest BCUT2D eigenvalue weighted by Gasteiger charge is -2.25. The molecular weight excluding hydrogens is 509 g/mol. The standard InChI is InChI=1S/C22H16Cl3N3O4S/c1-27-7-6-14-8-13(2-4-19(14)27)12-28(21-18(25)10-16(23)11-26-21)33(31,32)20-5-3-15(22(29)30)9-17(20)24/h2-11H,12H2,1H3,(H,29,30). The lowest BCUT2D eigenvalue weighted by Crippen LogP contribution is -2.32. The summed E-state index contributed by atoms with van der Waals surface area (Å²) in [5.41, 5.74) is 1.54. The molecule has 0 saturated heterocycles.